The zero-order chi connectivity index (χ0) is 18.8. The van der Waals surface area contributed by atoms with E-state index < -0.39 is 11.4 Å². The van der Waals surface area contributed by atoms with Crippen molar-refractivity contribution in [3.63, 3.8) is 0 Å². The van der Waals surface area contributed by atoms with Crippen LogP contribution >= 0.6 is 0 Å². The second-order valence-corrected chi connectivity index (χ2v) is 7.83. The van der Waals surface area contributed by atoms with Crippen LogP contribution in [0.5, 0.6) is 5.75 Å². The highest BCUT2D eigenvalue weighted by Gasteiger charge is 2.60. The Hall–Kier alpha value is -2.62. The predicted octanol–water partition coefficient (Wildman–Crippen LogP) is 3.85. The van der Waals surface area contributed by atoms with Gasteiger partial charge in [0.15, 0.2) is 5.41 Å². The number of esters is 1. The van der Waals surface area contributed by atoms with Gasteiger partial charge in [-0.3, -0.25) is 9.59 Å². The van der Waals surface area contributed by atoms with Gasteiger partial charge in [0.25, 0.3) is 0 Å². The molecule has 1 heterocycles. The van der Waals surface area contributed by atoms with Gasteiger partial charge in [0.1, 0.15) is 5.75 Å². The Kier molecular flexibility index (Phi) is 4.86. The third-order valence-corrected chi connectivity index (χ3v) is 4.92. The van der Waals surface area contributed by atoms with Gasteiger partial charge < -0.3 is 9.64 Å². The first kappa shape index (κ1) is 18.2. The van der Waals surface area contributed by atoms with Crippen molar-refractivity contribution in [2.45, 2.75) is 39.2 Å². The van der Waals surface area contributed by atoms with Gasteiger partial charge in [0.05, 0.1) is 0 Å². The molecule has 3 rings (SSSR count). The van der Waals surface area contributed by atoms with Crippen molar-refractivity contribution in [2.24, 2.45) is 5.41 Å². The lowest BCUT2D eigenvalue weighted by Gasteiger charge is -2.52. The average Bonchev–Trinajstić information content (AvgIpc) is 2.61. The number of carbonyl (C=O) groups excluding carboxylic acids is 2. The molecule has 2 aromatic rings. The monoisotopic (exact) mass is 351 g/mol. The third-order valence-electron chi connectivity index (χ3n) is 4.92. The molecule has 4 nitrogen and oxygen atoms in total. The van der Waals surface area contributed by atoms with Gasteiger partial charge in [0.2, 0.25) is 5.91 Å². The van der Waals surface area contributed by atoms with Crippen LogP contribution in [0.3, 0.4) is 0 Å². The van der Waals surface area contributed by atoms with Crippen molar-refractivity contribution in [1.29, 1.82) is 0 Å². The van der Waals surface area contributed by atoms with E-state index in [2.05, 4.69) is 0 Å². The topological polar surface area (TPSA) is 46.6 Å². The van der Waals surface area contributed by atoms with Crippen LogP contribution in [0.4, 0.5) is 0 Å². The lowest BCUT2D eigenvalue weighted by Crippen LogP contribution is -2.70. The summed E-state index contributed by atoms with van der Waals surface area (Å²) < 4.78 is 5.56. The van der Waals surface area contributed by atoms with E-state index in [1.54, 1.807) is 17.0 Å². The van der Waals surface area contributed by atoms with E-state index in [1.807, 2.05) is 69.3 Å². The Bertz CT molecular complexity index is 780. The highest BCUT2D eigenvalue weighted by Crippen LogP contribution is 2.42. The van der Waals surface area contributed by atoms with Gasteiger partial charge >= 0.3 is 5.97 Å². The fourth-order valence-electron chi connectivity index (χ4n) is 3.25. The van der Waals surface area contributed by atoms with Gasteiger partial charge in [-0.15, -0.1) is 0 Å². The molecule has 1 atom stereocenters. The number of carbonyl (C=O) groups is 2. The van der Waals surface area contributed by atoms with Crippen LogP contribution in [0.15, 0.2) is 60.7 Å². The van der Waals surface area contributed by atoms with Crippen molar-refractivity contribution < 1.29 is 14.3 Å². The van der Waals surface area contributed by atoms with Crippen LogP contribution < -0.4 is 4.74 Å². The molecule has 1 amide bonds. The maximum Gasteiger partial charge on any atom is 0.328 e. The molecule has 136 valence electrons. The van der Waals surface area contributed by atoms with Crippen LogP contribution in [0.1, 0.15) is 32.8 Å². The summed E-state index contributed by atoms with van der Waals surface area (Å²) in [5, 5.41) is 0. The van der Waals surface area contributed by atoms with E-state index in [0.717, 1.165) is 5.56 Å². The quantitative estimate of drug-likeness (QED) is 0.356. The number of hydrogen-bond donors (Lipinski definition) is 0. The number of nitrogens with zero attached hydrogens (tertiary/aromatic N) is 1. The van der Waals surface area contributed by atoms with E-state index >= 15 is 0 Å². The molecular weight excluding hydrogens is 326 g/mol. The highest BCUT2D eigenvalue weighted by atomic mass is 16.5. The zero-order valence-corrected chi connectivity index (χ0v) is 15.6. The molecule has 26 heavy (non-hydrogen) atoms. The van der Waals surface area contributed by atoms with Crippen LogP contribution in [-0.2, 0) is 16.0 Å². The maximum absolute atomic E-state index is 13.0. The molecule has 0 bridgehead atoms. The second kappa shape index (κ2) is 6.94. The molecule has 0 N–H and O–H groups in total. The molecule has 0 radical (unpaired) electrons. The largest absolute Gasteiger partial charge is 0.426 e. The Morgan fingerprint density at radius 3 is 2.15 bits per heavy atom. The molecule has 4 heteroatoms. The average molecular weight is 351 g/mol. The summed E-state index contributed by atoms with van der Waals surface area (Å²) in [7, 11) is 0. The molecule has 1 saturated heterocycles. The summed E-state index contributed by atoms with van der Waals surface area (Å²) in [4.78, 5) is 27.7. The molecular formula is C22H25NO3. The van der Waals surface area contributed by atoms with Crippen molar-refractivity contribution in [1.82, 2.24) is 4.90 Å². The van der Waals surface area contributed by atoms with Crippen LogP contribution in [0, 0.1) is 5.41 Å². The minimum absolute atomic E-state index is 0.137. The van der Waals surface area contributed by atoms with Crippen LogP contribution in [0.25, 0.3) is 0 Å². The van der Waals surface area contributed by atoms with E-state index in [9.17, 15) is 9.59 Å². The predicted molar refractivity (Wildman–Crippen MR) is 101 cm³/mol. The van der Waals surface area contributed by atoms with Crippen LogP contribution in [0.2, 0.25) is 0 Å². The maximum atomic E-state index is 13.0. The molecule has 1 fully saturated rings. The molecule has 0 aliphatic carbocycles. The number of rotatable bonds is 5. The van der Waals surface area contributed by atoms with E-state index in [4.69, 9.17) is 4.74 Å². The van der Waals surface area contributed by atoms with E-state index in [-0.39, 0.29) is 11.4 Å². The number of ether oxygens (including phenoxy) is 1. The standard InChI is InChI=1S/C22H25NO3/c1-21(2,3)23-16-22(19(23)24,15-14-17-10-6-4-7-11-17)20(25)26-18-12-8-5-9-13-18/h4-13H,14-16H2,1-3H3. The Morgan fingerprint density at radius 2 is 1.62 bits per heavy atom. The second-order valence-electron chi connectivity index (χ2n) is 7.83. The molecule has 2 aromatic carbocycles. The van der Waals surface area contributed by atoms with Gasteiger partial charge in [0, 0.05) is 12.1 Å². The van der Waals surface area contributed by atoms with Crippen molar-refractivity contribution >= 4 is 11.9 Å². The zero-order valence-electron chi connectivity index (χ0n) is 15.6. The van der Waals surface area contributed by atoms with Gasteiger partial charge in [-0.25, -0.2) is 0 Å². The molecule has 0 saturated carbocycles. The number of β-lactam (4-membered cyclic amide) rings is 1. The molecule has 0 aromatic heterocycles. The molecule has 0 spiro atoms. The summed E-state index contributed by atoms with van der Waals surface area (Å²) in [6.45, 7) is 6.34. The molecule has 1 unspecified atom stereocenters. The Balaban J connectivity index is 1.80. The Morgan fingerprint density at radius 1 is 1.04 bits per heavy atom. The normalized spacial score (nSPS) is 19.8. The third kappa shape index (κ3) is 3.50. The van der Waals surface area contributed by atoms with Gasteiger partial charge in [-0.2, -0.15) is 0 Å². The first-order valence-corrected chi connectivity index (χ1v) is 8.96. The lowest BCUT2D eigenvalue weighted by atomic mass is 9.72. The summed E-state index contributed by atoms with van der Waals surface area (Å²) in [5.41, 5.74) is -0.291. The van der Waals surface area contributed by atoms with Crippen LogP contribution in [-0.4, -0.2) is 28.9 Å². The number of para-hydroxylation sites is 1. The Labute approximate surface area is 154 Å². The van der Waals surface area contributed by atoms with Gasteiger partial charge in [-0.1, -0.05) is 48.5 Å². The van der Waals surface area contributed by atoms with E-state index in [1.165, 1.54) is 0 Å². The smallest absolute Gasteiger partial charge is 0.328 e. The fraction of sp³-hybridized carbons (Fsp3) is 0.364. The van der Waals surface area contributed by atoms with Crippen molar-refractivity contribution in [3.8, 4) is 5.75 Å². The number of aryl methyl sites for hydroxylation is 1. The SMILES string of the molecule is CC(C)(C)N1CC(CCc2ccccc2)(C(=O)Oc2ccccc2)C1=O. The first-order chi connectivity index (χ1) is 12.3. The van der Waals surface area contributed by atoms with Crippen molar-refractivity contribution in [3.05, 3.63) is 66.2 Å². The fourth-order valence-corrected chi connectivity index (χ4v) is 3.25. The number of benzene rings is 2. The van der Waals surface area contributed by atoms with Crippen molar-refractivity contribution in [2.75, 3.05) is 6.54 Å². The summed E-state index contributed by atoms with van der Waals surface area (Å²) in [6.07, 6.45) is 1.11. The minimum atomic E-state index is -1.10. The molecule has 1 aliphatic rings. The summed E-state index contributed by atoms with van der Waals surface area (Å²) in [5.74, 6) is -0.120. The minimum Gasteiger partial charge on any atom is -0.426 e. The number of likely N-dealkylation sites (tertiary alicyclic amines) is 1. The number of amides is 1. The molecule has 1 aliphatic heterocycles. The highest BCUT2D eigenvalue weighted by molar-refractivity contribution is 6.08. The lowest BCUT2D eigenvalue weighted by molar-refractivity contribution is -0.181. The summed E-state index contributed by atoms with van der Waals surface area (Å²) in [6, 6.07) is 18.9. The first-order valence-electron chi connectivity index (χ1n) is 8.96. The van der Waals surface area contributed by atoms with E-state index in [0.29, 0.717) is 25.1 Å². The summed E-state index contributed by atoms with van der Waals surface area (Å²) >= 11 is 0. The number of hydrogen-bond acceptors (Lipinski definition) is 3. The van der Waals surface area contributed by atoms with Gasteiger partial charge in [-0.05, 0) is 51.3 Å².